The van der Waals surface area contributed by atoms with Crippen LogP contribution in [-0.4, -0.2) is 11.7 Å². The molecular formula is C8H16FN. The maximum Gasteiger partial charge on any atom is 0.125 e. The van der Waals surface area contributed by atoms with E-state index in [2.05, 4.69) is 0 Å². The molecule has 0 aliphatic heterocycles. The molecule has 0 bridgehead atoms. The summed E-state index contributed by atoms with van der Waals surface area (Å²) >= 11 is 0. The molecule has 1 rings (SSSR count). The van der Waals surface area contributed by atoms with Crippen molar-refractivity contribution in [2.75, 3.05) is 0 Å². The molecule has 2 N–H and O–H groups in total. The van der Waals surface area contributed by atoms with Crippen LogP contribution in [0.25, 0.3) is 0 Å². The van der Waals surface area contributed by atoms with Crippen LogP contribution in [0.2, 0.25) is 0 Å². The van der Waals surface area contributed by atoms with Crippen molar-refractivity contribution < 1.29 is 4.39 Å². The van der Waals surface area contributed by atoms with Gasteiger partial charge in [0.05, 0.1) is 0 Å². The molecule has 0 amide bonds. The minimum atomic E-state index is -1.13. The summed E-state index contributed by atoms with van der Waals surface area (Å²) in [5.74, 6) is 0.229. The van der Waals surface area contributed by atoms with Gasteiger partial charge in [-0.2, -0.15) is 0 Å². The SMILES string of the molecule is CC(N)C(C)(F)C1CCC1. The summed E-state index contributed by atoms with van der Waals surface area (Å²) in [5, 5.41) is 0. The molecule has 1 aliphatic carbocycles. The fraction of sp³-hybridized carbons (Fsp3) is 1.00. The summed E-state index contributed by atoms with van der Waals surface area (Å²) in [6.45, 7) is 3.37. The highest BCUT2D eigenvalue weighted by Crippen LogP contribution is 2.39. The zero-order chi connectivity index (χ0) is 7.78. The molecule has 2 atom stereocenters. The summed E-state index contributed by atoms with van der Waals surface area (Å²) in [6.07, 6.45) is 3.22. The molecule has 1 fully saturated rings. The topological polar surface area (TPSA) is 26.0 Å². The van der Waals surface area contributed by atoms with Crippen LogP contribution < -0.4 is 5.73 Å². The van der Waals surface area contributed by atoms with Gasteiger partial charge in [0.2, 0.25) is 0 Å². The highest BCUT2D eigenvalue weighted by atomic mass is 19.1. The third-order valence-corrected chi connectivity index (χ3v) is 2.79. The number of halogens is 1. The van der Waals surface area contributed by atoms with Gasteiger partial charge in [0, 0.05) is 6.04 Å². The van der Waals surface area contributed by atoms with Crippen LogP contribution in [0.15, 0.2) is 0 Å². The molecule has 0 spiro atoms. The predicted molar refractivity (Wildman–Crippen MR) is 40.5 cm³/mol. The minimum absolute atomic E-state index is 0.229. The van der Waals surface area contributed by atoms with Crippen molar-refractivity contribution in [3.8, 4) is 0 Å². The number of rotatable bonds is 2. The summed E-state index contributed by atoms with van der Waals surface area (Å²) in [4.78, 5) is 0. The molecule has 2 unspecified atom stereocenters. The van der Waals surface area contributed by atoms with E-state index in [1.807, 2.05) is 0 Å². The van der Waals surface area contributed by atoms with E-state index in [1.165, 1.54) is 6.42 Å². The van der Waals surface area contributed by atoms with Crippen LogP contribution in [0, 0.1) is 5.92 Å². The number of hydrogen-bond donors (Lipinski definition) is 1. The predicted octanol–water partition coefficient (Wildman–Crippen LogP) is 1.86. The van der Waals surface area contributed by atoms with Crippen LogP contribution in [0.3, 0.4) is 0 Å². The van der Waals surface area contributed by atoms with Crippen molar-refractivity contribution in [1.29, 1.82) is 0 Å². The quantitative estimate of drug-likeness (QED) is 0.630. The normalized spacial score (nSPS) is 28.8. The maximum absolute atomic E-state index is 13.5. The molecule has 1 aliphatic rings. The fourth-order valence-electron chi connectivity index (χ4n) is 1.34. The van der Waals surface area contributed by atoms with Crippen LogP contribution >= 0.6 is 0 Å². The Morgan fingerprint density at radius 1 is 1.60 bits per heavy atom. The van der Waals surface area contributed by atoms with Crippen molar-refractivity contribution in [2.24, 2.45) is 11.7 Å². The molecule has 0 aromatic rings. The van der Waals surface area contributed by atoms with E-state index in [9.17, 15) is 4.39 Å². The second-order valence-corrected chi connectivity index (χ2v) is 3.57. The zero-order valence-corrected chi connectivity index (χ0v) is 6.73. The lowest BCUT2D eigenvalue weighted by molar-refractivity contribution is 0.0302. The zero-order valence-electron chi connectivity index (χ0n) is 6.73. The molecule has 1 saturated carbocycles. The molecule has 60 valence electrons. The molecule has 10 heavy (non-hydrogen) atoms. The van der Waals surface area contributed by atoms with Crippen LogP contribution in [0.4, 0.5) is 4.39 Å². The van der Waals surface area contributed by atoms with Gasteiger partial charge in [0.25, 0.3) is 0 Å². The third kappa shape index (κ3) is 1.17. The van der Waals surface area contributed by atoms with Gasteiger partial charge in [0.1, 0.15) is 5.67 Å². The third-order valence-electron chi connectivity index (χ3n) is 2.79. The monoisotopic (exact) mass is 145 g/mol. The highest BCUT2D eigenvalue weighted by molar-refractivity contribution is 4.93. The van der Waals surface area contributed by atoms with Crippen LogP contribution in [0.1, 0.15) is 33.1 Å². The first-order valence-electron chi connectivity index (χ1n) is 3.99. The number of nitrogens with two attached hydrogens (primary N) is 1. The van der Waals surface area contributed by atoms with Crippen LogP contribution in [-0.2, 0) is 0 Å². The Balaban J connectivity index is 2.48. The standard InChI is InChI=1S/C8H16FN/c1-6(10)8(2,9)7-4-3-5-7/h6-7H,3-5,10H2,1-2H3. The first-order chi connectivity index (χ1) is 4.55. The molecule has 0 heterocycles. The van der Waals surface area contributed by atoms with Crippen molar-refractivity contribution in [3.63, 3.8) is 0 Å². The Bertz CT molecular complexity index is 116. The van der Waals surface area contributed by atoms with E-state index in [-0.39, 0.29) is 12.0 Å². The van der Waals surface area contributed by atoms with Crippen molar-refractivity contribution in [1.82, 2.24) is 0 Å². The Hall–Kier alpha value is -0.110. The summed E-state index contributed by atoms with van der Waals surface area (Å²) < 4.78 is 13.5. The lowest BCUT2D eigenvalue weighted by atomic mass is 9.72. The Morgan fingerprint density at radius 3 is 2.20 bits per heavy atom. The highest BCUT2D eigenvalue weighted by Gasteiger charge is 2.40. The summed E-state index contributed by atoms with van der Waals surface area (Å²) in [6, 6.07) is -0.321. The average molecular weight is 145 g/mol. The van der Waals surface area contributed by atoms with Gasteiger partial charge < -0.3 is 5.73 Å². The molecule has 0 aromatic carbocycles. The van der Waals surface area contributed by atoms with Gasteiger partial charge in [-0.3, -0.25) is 0 Å². The largest absolute Gasteiger partial charge is 0.325 e. The smallest absolute Gasteiger partial charge is 0.125 e. The average Bonchev–Trinajstić information content (AvgIpc) is 1.57. The lowest BCUT2D eigenvalue weighted by Gasteiger charge is -2.39. The van der Waals surface area contributed by atoms with Crippen molar-refractivity contribution in [2.45, 2.75) is 44.8 Å². The maximum atomic E-state index is 13.5. The van der Waals surface area contributed by atoms with Gasteiger partial charge in [-0.25, -0.2) is 4.39 Å². The lowest BCUT2D eigenvalue weighted by Crippen LogP contribution is -2.48. The molecule has 0 aromatic heterocycles. The number of hydrogen-bond acceptors (Lipinski definition) is 1. The van der Waals surface area contributed by atoms with E-state index in [0.717, 1.165) is 12.8 Å². The van der Waals surface area contributed by atoms with Gasteiger partial charge >= 0.3 is 0 Å². The Labute approximate surface area is 61.8 Å². The van der Waals surface area contributed by atoms with Gasteiger partial charge in [-0.05, 0) is 32.6 Å². The van der Waals surface area contributed by atoms with E-state index in [4.69, 9.17) is 5.73 Å². The van der Waals surface area contributed by atoms with E-state index in [0.29, 0.717) is 0 Å². The van der Waals surface area contributed by atoms with Crippen LogP contribution in [0.5, 0.6) is 0 Å². The fourth-order valence-corrected chi connectivity index (χ4v) is 1.34. The summed E-state index contributed by atoms with van der Waals surface area (Å²) in [7, 11) is 0. The van der Waals surface area contributed by atoms with Crippen molar-refractivity contribution in [3.05, 3.63) is 0 Å². The van der Waals surface area contributed by atoms with E-state index < -0.39 is 5.67 Å². The van der Waals surface area contributed by atoms with Crippen molar-refractivity contribution >= 4 is 0 Å². The van der Waals surface area contributed by atoms with E-state index in [1.54, 1.807) is 13.8 Å². The first-order valence-corrected chi connectivity index (χ1v) is 3.99. The molecule has 0 radical (unpaired) electrons. The van der Waals surface area contributed by atoms with Gasteiger partial charge in [-0.1, -0.05) is 6.42 Å². The molecule has 0 saturated heterocycles. The molecular weight excluding hydrogens is 129 g/mol. The molecule has 2 heteroatoms. The Morgan fingerprint density at radius 2 is 2.10 bits per heavy atom. The van der Waals surface area contributed by atoms with Gasteiger partial charge in [0.15, 0.2) is 0 Å². The number of alkyl halides is 1. The van der Waals surface area contributed by atoms with Gasteiger partial charge in [-0.15, -0.1) is 0 Å². The summed E-state index contributed by atoms with van der Waals surface area (Å²) in [5.41, 5.74) is 4.38. The first kappa shape index (κ1) is 7.99. The Kier molecular flexibility index (Phi) is 1.99. The minimum Gasteiger partial charge on any atom is -0.325 e. The molecule has 1 nitrogen and oxygen atoms in total. The van der Waals surface area contributed by atoms with E-state index >= 15 is 0 Å². The second kappa shape index (κ2) is 2.50. The second-order valence-electron chi connectivity index (χ2n) is 3.57.